The average molecular weight is 388 g/mol. The van der Waals surface area contributed by atoms with E-state index in [4.69, 9.17) is 4.74 Å². The molecule has 0 spiro atoms. The molecular weight excluding hydrogens is 364 g/mol. The Bertz CT molecular complexity index is 952. The summed E-state index contributed by atoms with van der Waals surface area (Å²) in [4.78, 5) is 12.8. The van der Waals surface area contributed by atoms with Crippen LogP contribution in [0.15, 0.2) is 47.4 Å². The van der Waals surface area contributed by atoms with Crippen LogP contribution in [0.5, 0.6) is 5.75 Å². The van der Waals surface area contributed by atoms with Crippen LogP contribution in [0, 0.1) is 6.92 Å². The van der Waals surface area contributed by atoms with Gasteiger partial charge in [0.05, 0.1) is 18.0 Å². The molecule has 2 aromatic carbocycles. The fraction of sp³-hybridized carbons (Fsp3) is 0.350. The molecule has 0 bridgehead atoms. The Balaban J connectivity index is 1.78. The van der Waals surface area contributed by atoms with E-state index >= 15 is 0 Å². The first-order chi connectivity index (χ1) is 12.8. The van der Waals surface area contributed by atoms with Crippen molar-refractivity contribution < 1.29 is 17.9 Å². The quantitative estimate of drug-likeness (QED) is 0.764. The van der Waals surface area contributed by atoms with E-state index in [1.54, 1.807) is 19.2 Å². The van der Waals surface area contributed by atoms with Crippen LogP contribution in [0.1, 0.15) is 47.3 Å². The minimum absolute atomic E-state index is 0.0151. The minimum Gasteiger partial charge on any atom is -0.496 e. The first-order valence-corrected chi connectivity index (χ1v) is 10.4. The first-order valence-electron chi connectivity index (χ1n) is 8.88. The molecule has 0 radical (unpaired) electrons. The summed E-state index contributed by atoms with van der Waals surface area (Å²) in [6.07, 6.45) is 1.71. The van der Waals surface area contributed by atoms with E-state index in [2.05, 4.69) is 10.0 Å². The van der Waals surface area contributed by atoms with Gasteiger partial charge in [-0.3, -0.25) is 4.79 Å². The Morgan fingerprint density at radius 2 is 1.93 bits per heavy atom. The highest BCUT2D eigenvalue weighted by Crippen LogP contribution is 2.26. The molecule has 0 saturated heterocycles. The lowest BCUT2D eigenvalue weighted by atomic mass is 10.0. The number of carbonyl (C=O) groups is 1. The fourth-order valence-electron chi connectivity index (χ4n) is 2.84. The van der Waals surface area contributed by atoms with Crippen molar-refractivity contribution in [2.24, 2.45) is 0 Å². The summed E-state index contributed by atoms with van der Waals surface area (Å²) in [6.45, 7) is 3.84. The van der Waals surface area contributed by atoms with Crippen molar-refractivity contribution in [3.8, 4) is 5.75 Å². The molecule has 1 aliphatic rings. The smallest absolute Gasteiger partial charge is 0.251 e. The average Bonchev–Trinajstić information content (AvgIpc) is 3.45. The lowest BCUT2D eigenvalue weighted by Gasteiger charge is -2.18. The Hall–Kier alpha value is -2.38. The van der Waals surface area contributed by atoms with Gasteiger partial charge >= 0.3 is 0 Å². The zero-order valence-electron chi connectivity index (χ0n) is 15.7. The third-order valence-corrected chi connectivity index (χ3v) is 6.02. The molecule has 1 saturated carbocycles. The van der Waals surface area contributed by atoms with Gasteiger partial charge in [0.25, 0.3) is 5.91 Å². The van der Waals surface area contributed by atoms with Gasteiger partial charge in [-0.15, -0.1) is 0 Å². The highest BCUT2D eigenvalue weighted by Gasteiger charge is 2.28. The van der Waals surface area contributed by atoms with Crippen molar-refractivity contribution in [2.45, 2.75) is 43.7 Å². The summed E-state index contributed by atoms with van der Waals surface area (Å²) >= 11 is 0. The Morgan fingerprint density at radius 1 is 1.19 bits per heavy atom. The molecule has 6 nitrogen and oxygen atoms in total. The molecule has 7 heteroatoms. The molecule has 144 valence electrons. The molecule has 2 N–H and O–H groups in total. The van der Waals surface area contributed by atoms with E-state index < -0.39 is 10.0 Å². The SMILES string of the molecule is COc1ccc(C)cc1C(C)NC(=O)c1cccc(S(=O)(=O)NC2CC2)c1. The van der Waals surface area contributed by atoms with Gasteiger partial charge in [0, 0.05) is 17.2 Å². The number of ether oxygens (including phenoxy) is 1. The number of methoxy groups -OCH3 is 1. The molecule has 27 heavy (non-hydrogen) atoms. The molecule has 0 aromatic heterocycles. The molecule has 3 rings (SSSR count). The molecule has 1 unspecified atom stereocenters. The highest BCUT2D eigenvalue weighted by molar-refractivity contribution is 7.89. The van der Waals surface area contributed by atoms with Crippen molar-refractivity contribution in [3.63, 3.8) is 0 Å². The topological polar surface area (TPSA) is 84.5 Å². The van der Waals surface area contributed by atoms with E-state index in [1.807, 2.05) is 32.0 Å². The summed E-state index contributed by atoms with van der Waals surface area (Å²) < 4.78 is 32.7. The summed E-state index contributed by atoms with van der Waals surface area (Å²) in [5.41, 5.74) is 2.23. The normalized spacial score (nSPS) is 15.2. The second kappa shape index (κ2) is 7.70. The standard InChI is InChI=1S/C20H24N2O4S/c1-13-7-10-19(26-3)18(11-13)14(2)21-20(23)15-5-4-6-17(12-15)27(24,25)22-16-8-9-16/h4-7,10-12,14,16,22H,8-9H2,1-3H3,(H,21,23). The van der Waals surface area contributed by atoms with E-state index in [9.17, 15) is 13.2 Å². The van der Waals surface area contributed by atoms with Gasteiger partial charge in [-0.25, -0.2) is 13.1 Å². The van der Waals surface area contributed by atoms with E-state index in [-0.39, 0.29) is 22.9 Å². The van der Waals surface area contributed by atoms with Crippen molar-refractivity contribution in [1.29, 1.82) is 0 Å². The number of sulfonamides is 1. The molecule has 0 heterocycles. The number of carbonyl (C=O) groups excluding carboxylic acids is 1. The van der Waals surface area contributed by atoms with Gasteiger partial charge < -0.3 is 10.1 Å². The van der Waals surface area contributed by atoms with Crippen LogP contribution >= 0.6 is 0 Å². The molecule has 0 aliphatic heterocycles. The van der Waals surface area contributed by atoms with Crippen LogP contribution in [0.25, 0.3) is 0 Å². The van der Waals surface area contributed by atoms with Crippen LogP contribution in [0.2, 0.25) is 0 Å². The minimum atomic E-state index is -3.60. The van der Waals surface area contributed by atoms with Gasteiger partial charge in [-0.2, -0.15) is 0 Å². The maximum absolute atomic E-state index is 12.7. The zero-order chi connectivity index (χ0) is 19.6. The van der Waals surface area contributed by atoms with Crippen molar-refractivity contribution >= 4 is 15.9 Å². The highest BCUT2D eigenvalue weighted by atomic mass is 32.2. The van der Waals surface area contributed by atoms with E-state index in [0.717, 1.165) is 24.0 Å². The number of amides is 1. The summed E-state index contributed by atoms with van der Waals surface area (Å²) in [5.74, 6) is 0.355. The third kappa shape index (κ3) is 4.67. The van der Waals surface area contributed by atoms with E-state index in [0.29, 0.717) is 11.3 Å². The first kappa shape index (κ1) is 19.4. The van der Waals surface area contributed by atoms with Gasteiger partial charge in [0.2, 0.25) is 10.0 Å². The number of aryl methyl sites for hydroxylation is 1. The molecule has 2 aromatic rings. The van der Waals surface area contributed by atoms with Crippen LogP contribution in [0.3, 0.4) is 0 Å². The van der Waals surface area contributed by atoms with E-state index in [1.165, 1.54) is 12.1 Å². The summed E-state index contributed by atoms with van der Waals surface area (Å²) in [7, 11) is -2.01. The van der Waals surface area contributed by atoms with Gasteiger partial charge in [-0.05, 0) is 51.0 Å². The van der Waals surface area contributed by atoms with Gasteiger partial charge in [-0.1, -0.05) is 23.8 Å². The number of hydrogen-bond donors (Lipinski definition) is 2. The molecular formula is C20H24N2O4S. The molecule has 1 amide bonds. The van der Waals surface area contributed by atoms with Gasteiger partial charge in [0.15, 0.2) is 0 Å². The van der Waals surface area contributed by atoms with Crippen LogP contribution < -0.4 is 14.8 Å². The number of rotatable bonds is 7. The maximum Gasteiger partial charge on any atom is 0.251 e. The second-order valence-electron chi connectivity index (χ2n) is 6.86. The number of benzene rings is 2. The lowest BCUT2D eigenvalue weighted by Crippen LogP contribution is -2.28. The number of hydrogen-bond acceptors (Lipinski definition) is 4. The Labute approximate surface area is 160 Å². The van der Waals surface area contributed by atoms with Crippen LogP contribution in [-0.4, -0.2) is 27.5 Å². The molecule has 1 aliphatic carbocycles. The largest absolute Gasteiger partial charge is 0.496 e. The summed E-state index contributed by atoms with van der Waals surface area (Å²) in [6, 6.07) is 11.6. The summed E-state index contributed by atoms with van der Waals surface area (Å²) in [5, 5.41) is 2.91. The molecule has 1 atom stereocenters. The van der Waals surface area contributed by atoms with Crippen LogP contribution in [-0.2, 0) is 10.0 Å². The Kier molecular flexibility index (Phi) is 5.53. The zero-order valence-corrected chi connectivity index (χ0v) is 16.5. The fourth-order valence-corrected chi connectivity index (χ4v) is 4.19. The van der Waals surface area contributed by atoms with Crippen molar-refractivity contribution in [3.05, 3.63) is 59.2 Å². The van der Waals surface area contributed by atoms with Crippen LogP contribution in [0.4, 0.5) is 0 Å². The van der Waals surface area contributed by atoms with Gasteiger partial charge in [0.1, 0.15) is 5.75 Å². The predicted molar refractivity (Wildman–Crippen MR) is 103 cm³/mol. The number of nitrogens with one attached hydrogen (secondary N) is 2. The maximum atomic E-state index is 12.7. The second-order valence-corrected chi connectivity index (χ2v) is 8.58. The van der Waals surface area contributed by atoms with Crippen molar-refractivity contribution in [2.75, 3.05) is 7.11 Å². The lowest BCUT2D eigenvalue weighted by molar-refractivity contribution is 0.0939. The predicted octanol–water partition coefficient (Wildman–Crippen LogP) is 2.94. The monoisotopic (exact) mass is 388 g/mol. The third-order valence-electron chi connectivity index (χ3n) is 4.51. The Morgan fingerprint density at radius 3 is 2.59 bits per heavy atom. The molecule has 1 fully saturated rings. The van der Waals surface area contributed by atoms with Crippen molar-refractivity contribution in [1.82, 2.24) is 10.0 Å².